The summed E-state index contributed by atoms with van der Waals surface area (Å²) in [6.07, 6.45) is 2.63. The van der Waals surface area contributed by atoms with Gasteiger partial charge in [0.05, 0.1) is 0 Å². The van der Waals surface area contributed by atoms with Crippen LogP contribution >= 0.6 is 0 Å². The summed E-state index contributed by atoms with van der Waals surface area (Å²) in [6, 6.07) is 0. The van der Waals surface area contributed by atoms with Crippen molar-refractivity contribution in [1.29, 1.82) is 0 Å². The van der Waals surface area contributed by atoms with Crippen LogP contribution in [-0.2, 0) is 0 Å². The van der Waals surface area contributed by atoms with Crippen LogP contribution in [0.1, 0.15) is 0 Å². The van der Waals surface area contributed by atoms with Gasteiger partial charge in [-0.25, -0.2) is 0 Å². The molecule has 0 fully saturated rings. The fraction of sp³-hybridized carbons (Fsp3) is 0. The molecule has 0 aliphatic carbocycles. The molecule has 0 bridgehead atoms. The summed E-state index contributed by atoms with van der Waals surface area (Å²) in [5, 5.41) is 0. The fourth-order valence-electron chi connectivity index (χ4n) is 0.129. The topological polar surface area (TPSA) is 38.4 Å². The van der Waals surface area contributed by atoms with Crippen molar-refractivity contribution in [2.24, 2.45) is 10.7 Å². The van der Waals surface area contributed by atoms with Crippen molar-refractivity contribution < 1.29 is 0 Å². The van der Waals surface area contributed by atoms with Gasteiger partial charge in [-0.15, -0.1) is 0 Å². The van der Waals surface area contributed by atoms with E-state index in [0.717, 1.165) is 0 Å². The van der Waals surface area contributed by atoms with Crippen LogP contribution in [0, 0.1) is 0 Å². The number of hydrogen-bond donors (Lipinski definition) is 1. The van der Waals surface area contributed by atoms with E-state index in [1.807, 2.05) is 0 Å². The van der Waals surface area contributed by atoms with Crippen molar-refractivity contribution in [1.82, 2.24) is 0 Å². The molecule has 0 saturated carbocycles. The molecule has 7 heavy (non-hydrogen) atoms. The molecule has 32 valence electrons. The van der Waals surface area contributed by atoms with Gasteiger partial charge in [-0.2, -0.15) is 0 Å². The number of aliphatic imine (C=N–C) groups is 1. The van der Waals surface area contributed by atoms with Crippen LogP contribution in [0.3, 0.4) is 0 Å². The molecule has 0 saturated heterocycles. The van der Waals surface area contributed by atoms with Gasteiger partial charge in [0.1, 0.15) is 0 Å². The molecule has 0 aromatic heterocycles. The Bertz CT molecular complexity index is 110. The van der Waals surface area contributed by atoms with Crippen molar-refractivity contribution in [3.63, 3.8) is 0 Å². The van der Waals surface area contributed by atoms with Gasteiger partial charge >= 0.3 is 50.9 Å². The van der Waals surface area contributed by atoms with Gasteiger partial charge in [0.25, 0.3) is 0 Å². The first-order valence-corrected chi connectivity index (χ1v) is 2.29. The summed E-state index contributed by atoms with van der Waals surface area (Å²) >= 11 is 2.28. The van der Waals surface area contributed by atoms with E-state index in [1.165, 1.54) is 12.3 Å². The zero-order chi connectivity index (χ0) is 5.70. The quantitative estimate of drug-likeness (QED) is 0.328. The molecule has 4 heteroatoms. The van der Waals surface area contributed by atoms with Crippen LogP contribution in [0.4, 0.5) is 0 Å². The molecular weight excluding hydrogens is 102 g/mol. The normalized spacial score (nSPS) is 8.86. The SMILES string of the molecule is [B]=CN=C[C](N)=[Al]. The average Bonchev–Trinajstić information content (AvgIpc) is 1.61. The molecule has 0 atom stereocenters. The molecule has 0 aromatic carbocycles. The Hall–Kier alpha value is -0.193. The van der Waals surface area contributed by atoms with Crippen LogP contribution < -0.4 is 5.73 Å². The molecule has 0 heterocycles. The van der Waals surface area contributed by atoms with E-state index < -0.39 is 0 Å². The van der Waals surface area contributed by atoms with Crippen LogP contribution in [0.2, 0.25) is 0 Å². The fourth-order valence-corrected chi connectivity index (χ4v) is 0.215. The van der Waals surface area contributed by atoms with Gasteiger partial charge in [0.15, 0.2) is 0 Å². The molecule has 0 unspecified atom stereocenters. The van der Waals surface area contributed by atoms with Crippen LogP contribution in [0.25, 0.3) is 0 Å². The summed E-state index contributed by atoms with van der Waals surface area (Å²) in [6.45, 7) is 0. The summed E-state index contributed by atoms with van der Waals surface area (Å²) < 4.78 is 0.571. The Labute approximate surface area is 51.5 Å². The standard InChI is InChI=1S/C3H4BN2.Al/c4-3-6-2-1-5;/h2-3H,5H2;. The van der Waals surface area contributed by atoms with Crippen LogP contribution in [0.5, 0.6) is 0 Å². The molecule has 0 aromatic rings. The van der Waals surface area contributed by atoms with Gasteiger partial charge in [-0.1, -0.05) is 0 Å². The average molecular weight is 106 g/mol. The van der Waals surface area contributed by atoms with E-state index in [-0.39, 0.29) is 0 Å². The molecule has 2 radical (unpaired) electrons. The minimum absolute atomic E-state index is 0.571. The summed E-state index contributed by atoms with van der Waals surface area (Å²) in [5.41, 5.74) is 5.13. The predicted octanol–water partition coefficient (Wildman–Crippen LogP) is -1.76. The molecular formula is C3H4AlBN2. The Kier molecular flexibility index (Phi) is 3.87. The summed E-state index contributed by atoms with van der Waals surface area (Å²) in [7, 11) is 4.88. The third kappa shape index (κ3) is 5.81. The van der Waals surface area contributed by atoms with E-state index in [9.17, 15) is 0 Å². The molecule has 2 N–H and O–H groups in total. The molecule has 0 aliphatic rings. The Morgan fingerprint density at radius 3 is 2.57 bits per heavy atom. The van der Waals surface area contributed by atoms with Crippen molar-refractivity contribution in [2.45, 2.75) is 0 Å². The number of nitrogens with zero attached hydrogens (tertiary/aromatic N) is 1. The van der Waals surface area contributed by atoms with Gasteiger partial charge in [-0.05, 0) is 0 Å². The Balaban J connectivity index is 3.46. The monoisotopic (exact) mass is 106 g/mol. The first-order valence-electron chi connectivity index (χ1n) is 1.72. The van der Waals surface area contributed by atoms with E-state index >= 15 is 0 Å². The number of nitrogens with two attached hydrogens (primary N) is 1. The van der Waals surface area contributed by atoms with Crippen molar-refractivity contribution in [3.8, 4) is 0 Å². The zero-order valence-corrected chi connectivity index (χ0v) is 4.99. The third-order valence-electron chi connectivity index (χ3n) is 0.310. The summed E-state index contributed by atoms with van der Waals surface area (Å²) in [5.74, 6) is 0. The molecule has 0 aliphatic heterocycles. The first kappa shape index (κ1) is 6.81. The first-order chi connectivity index (χ1) is 3.27. The number of rotatable bonds is 2. The van der Waals surface area contributed by atoms with Crippen molar-refractivity contribution in [3.05, 3.63) is 0 Å². The minimum atomic E-state index is 0.571. The van der Waals surface area contributed by atoms with Gasteiger partial charge in [0, 0.05) is 0 Å². The molecule has 0 amide bonds. The Morgan fingerprint density at radius 1 is 1.86 bits per heavy atom. The van der Waals surface area contributed by atoms with E-state index in [4.69, 9.17) is 13.2 Å². The summed E-state index contributed by atoms with van der Waals surface area (Å²) in [4.78, 5) is 3.52. The van der Waals surface area contributed by atoms with E-state index in [2.05, 4.69) is 20.8 Å². The molecule has 2 nitrogen and oxygen atoms in total. The second-order valence-corrected chi connectivity index (χ2v) is 1.59. The predicted molar refractivity (Wildman–Crippen MR) is 35.3 cm³/mol. The zero-order valence-electron chi connectivity index (χ0n) is 3.83. The molecule has 0 spiro atoms. The second-order valence-electron chi connectivity index (χ2n) is 0.927. The second kappa shape index (κ2) is 3.98. The number of hydrogen-bond acceptors (Lipinski definition) is 2. The van der Waals surface area contributed by atoms with Gasteiger partial charge < -0.3 is 0 Å². The van der Waals surface area contributed by atoms with E-state index in [1.54, 1.807) is 0 Å². The van der Waals surface area contributed by atoms with Gasteiger partial charge in [0.2, 0.25) is 0 Å². The van der Waals surface area contributed by atoms with Crippen molar-refractivity contribution >= 4 is 40.1 Å². The molecule has 0 rings (SSSR count). The van der Waals surface area contributed by atoms with Crippen LogP contribution in [0.15, 0.2) is 4.99 Å². The van der Waals surface area contributed by atoms with Crippen LogP contribution in [-0.4, -0.2) is 40.1 Å². The van der Waals surface area contributed by atoms with Crippen molar-refractivity contribution in [2.75, 3.05) is 0 Å². The van der Waals surface area contributed by atoms with E-state index in [0.29, 0.717) is 4.50 Å². The third-order valence-corrected chi connectivity index (χ3v) is 0.459. The Morgan fingerprint density at radius 2 is 2.43 bits per heavy atom. The van der Waals surface area contributed by atoms with Gasteiger partial charge in [-0.3, -0.25) is 0 Å². The maximum absolute atomic E-state index is 5.13. The maximum atomic E-state index is 5.13.